The van der Waals surface area contributed by atoms with Crippen LogP contribution in [0.1, 0.15) is 12.8 Å². The number of hydrogen-bond donors (Lipinski definition) is 1. The Morgan fingerprint density at radius 3 is 2.72 bits per heavy atom. The topological polar surface area (TPSA) is 67.9 Å². The minimum Gasteiger partial charge on any atom is -0.495 e. The van der Waals surface area contributed by atoms with Crippen LogP contribution in [0.2, 0.25) is 0 Å². The van der Waals surface area contributed by atoms with Gasteiger partial charge in [0.05, 0.1) is 25.0 Å². The molecular weight excluding hydrogens is 320 g/mol. The van der Waals surface area contributed by atoms with E-state index in [4.69, 9.17) is 9.47 Å². The molecule has 2 aromatic carbocycles. The van der Waals surface area contributed by atoms with Gasteiger partial charge in [-0.2, -0.15) is 0 Å². The highest BCUT2D eigenvalue weighted by Crippen LogP contribution is 2.31. The van der Waals surface area contributed by atoms with Crippen LogP contribution in [0, 0.1) is 0 Å². The fourth-order valence-electron chi connectivity index (χ4n) is 2.74. The summed E-state index contributed by atoms with van der Waals surface area (Å²) in [4.78, 5) is 26.3. The number of benzene rings is 2. The van der Waals surface area contributed by atoms with E-state index in [0.717, 1.165) is 5.69 Å². The maximum atomic E-state index is 12.5. The molecule has 6 nitrogen and oxygen atoms in total. The van der Waals surface area contributed by atoms with Crippen molar-refractivity contribution in [1.82, 2.24) is 0 Å². The van der Waals surface area contributed by atoms with E-state index < -0.39 is 0 Å². The van der Waals surface area contributed by atoms with E-state index in [1.807, 2.05) is 36.4 Å². The molecule has 1 N–H and O–H groups in total. The van der Waals surface area contributed by atoms with Gasteiger partial charge in [0.25, 0.3) is 0 Å². The molecule has 0 bridgehead atoms. The number of methoxy groups -OCH3 is 1. The zero-order valence-corrected chi connectivity index (χ0v) is 14.0. The van der Waals surface area contributed by atoms with Crippen molar-refractivity contribution in [1.29, 1.82) is 0 Å². The minimum absolute atomic E-state index is 0.0917. The number of carbonyl (C=O) groups excluding carboxylic acids is 2. The lowest BCUT2D eigenvalue weighted by molar-refractivity contribution is -0.122. The zero-order valence-electron chi connectivity index (χ0n) is 14.0. The molecule has 0 fully saturated rings. The number of para-hydroxylation sites is 4. The van der Waals surface area contributed by atoms with Crippen LogP contribution < -0.4 is 19.7 Å². The Balaban J connectivity index is 1.59. The molecule has 0 aliphatic carbocycles. The standard InChI is InChI=1S/C19H20N2O4/c1-24-16-8-4-2-6-14(16)20-18(22)10-11-19(23)21-12-13-25-17-9-5-3-7-15(17)21/h2-9H,10-13H2,1H3,(H,20,22). The Kier molecular flexibility index (Phi) is 5.18. The van der Waals surface area contributed by atoms with Crippen molar-refractivity contribution in [3.8, 4) is 11.5 Å². The molecular formula is C19H20N2O4. The van der Waals surface area contributed by atoms with Gasteiger partial charge >= 0.3 is 0 Å². The molecule has 2 aromatic rings. The summed E-state index contributed by atoms with van der Waals surface area (Å²) in [6.07, 6.45) is 0.242. The van der Waals surface area contributed by atoms with E-state index in [1.165, 1.54) is 0 Å². The maximum absolute atomic E-state index is 12.5. The first-order chi connectivity index (χ1) is 12.2. The van der Waals surface area contributed by atoms with Crippen LogP contribution in [-0.2, 0) is 9.59 Å². The van der Waals surface area contributed by atoms with Crippen molar-refractivity contribution in [3.05, 3.63) is 48.5 Å². The Morgan fingerprint density at radius 1 is 1.12 bits per heavy atom. The molecule has 1 aliphatic rings. The highest BCUT2D eigenvalue weighted by molar-refractivity contribution is 5.99. The van der Waals surface area contributed by atoms with Crippen LogP contribution in [-0.4, -0.2) is 32.1 Å². The van der Waals surface area contributed by atoms with Crippen LogP contribution >= 0.6 is 0 Å². The van der Waals surface area contributed by atoms with Crippen molar-refractivity contribution in [2.45, 2.75) is 12.8 Å². The molecule has 0 atom stereocenters. The summed E-state index contributed by atoms with van der Waals surface area (Å²) in [5, 5.41) is 2.78. The van der Waals surface area contributed by atoms with Gasteiger partial charge in [0.1, 0.15) is 18.1 Å². The van der Waals surface area contributed by atoms with Crippen LogP contribution in [0.15, 0.2) is 48.5 Å². The van der Waals surface area contributed by atoms with Gasteiger partial charge in [-0.05, 0) is 24.3 Å². The van der Waals surface area contributed by atoms with Gasteiger partial charge in [-0.25, -0.2) is 0 Å². The van der Waals surface area contributed by atoms with Crippen LogP contribution in [0.25, 0.3) is 0 Å². The molecule has 0 saturated carbocycles. The van der Waals surface area contributed by atoms with E-state index in [1.54, 1.807) is 24.1 Å². The Bertz CT molecular complexity index is 776. The smallest absolute Gasteiger partial charge is 0.227 e. The van der Waals surface area contributed by atoms with Crippen LogP contribution in [0.4, 0.5) is 11.4 Å². The lowest BCUT2D eigenvalue weighted by atomic mass is 10.2. The average molecular weight is 340 g/mol. The number of carbonyl (C=O) groups is 2. The monoisotopic (exact) mass is 340 g/mol. The highest BCUT2D eigenvalue weighted by Gasteiger charge is 2.23. The third-order valence-electron chi connectivity index (χ3n) is 3.98. The molecule has 25 heavy (non-hydrogen) atoms. The van der Waals surface area contributed by atoms with Crippen molar-refractivity contribution >= 4 is 23.2 Å². The second-order valence-corrected chi connectivity index (χ2v) is 5.61. The third kappa shape index (κ3) is 3.91. The number of amides is 2. The average Bonchev–Trinajstić information content (AvgIpc) is 2.66. The summed E-state index contributed by atoms with van der Waals surface area (Å²) in [7, 11) is 1.55. The molecule has 0 spiro atoms. The normalized spacial score (nSPS) is 12.8. The second kappa shape index (κ2) is 7.70. The van der Waals surface area contributed by atoms with Gasteiger partial charge in [0.15, 0.2) is 0 Å². The Labute approximate surface area is 146 Å². The summed E-state index contributed by atoms with van der Waals surface area (Å²) in [6.45, 7) is 0.945. The minimum atomic E-state index is -0.223. The first-order valence-electron chi connectivity index (χ1n) is 8.14. The van der Waals surface area contributed by atoms with Crippen molar-refractivity contribution in [2.75, 3.05) is 30.5 Å². The van der Waals surface area contributed by atoms with E-state index >= 15 is 0 Å². The number of hydrogen-bond acceptors (Lipinski definition) is 4. The molecule has 3 rings (SSSR count). The van der Waals surface area contributed by atoms with Crippen molar-refractivity contribution < 1.29 is 19.1 Å². The molecule has 1 heterocycles. The van der Waals surface area contributed by atoms with Crippen LogP contribution in [0.3, 0.4) is 0 Å². The number of fused-ring (bicyclic) bond motifs is 1. The van der Waals surface area contributed by atoms with Crippen molar-refractivity contribution in [2.24, 2.45) is 0 Å². The highest BCUT2D eigenvalue weighted by atomic mass is 16.5. The fourth-order valence-corrected chi connectivity index (χ4v) is 2.74. The fraction of sp³-hybridized carbons (Fsp3) is 0.263. The number of rotatable bonds is 5. The lowest BCUT2D eigenvalue weighted by Gasteiger charge is -2.29. The first-order valence-corrected chi connectivity index (χ1v) is 8.14. The number of nitrogens with one attached hydrogen (secondary N) is 1. The lowest BCUT2D eigenvalue weighted by Crippen LogP contribution is -2.38. The van der Waals surface area contributed by atoms with E-state index in [9.17, 15) is 9.59 Å². The Morgan fingerprint density at radius 2 is 1.88 bits per heavy atom. The van der Waals surface area contributed by atoms with Crippen molar-refractivity contribution in [3.63, 3.8) is 0 Å². The zero-order chi connectivity index (χ0) is 17.6. The first kappa shape index (κ1) is 16.8. The SMILES string of the molecule is COc1ccccc1NC(=O)CCC(=O)N1CCOc2ccccc21. The summed E-state index contributed by atoms with van der Waals surface area (Å²) < 4.78 is 10.7. The molecule has 0 aromatic heterocycles. The molecule has 0 unspecified atom stereocenters. The van der Waals surface area contributed by atoms with Gasteiger partial charge in [-0.15, -0.1) is 0 Å². The quantitative estimate of drug-likeness (QED) is 0.909. The molecule has 2 amide bonds. The molecule has 1 aliphatic heterocycles. The molecule has 0 saturated heterocycles. The molecule has 0 radical (unpaired) electrons. The van der Waals surface area contributed by atoms with Gasteiger partial charge in [0, 0.05) is 12.8 Å². The van der Waals surface area contributed by atoms with E-state index in [-0.39, 0.29) is 24.7 Å². The molecule has 6 heteroatoms. The maximum Gasteiger partial charge on any atom is 0.227 e. The van der Waals surface area contributed by atoms with Gasteiger partial charge in [-0.1, -0.05) is 24.3 Å². The summed E-state index contributed by atoms with van der Waals surface area (Å²) in [5.74, 6) is 0.968. The number of ether oxygens (including phenoxy) is 2. The largest absolute Gasteiger partial charge is 0.495 e. The predicted molar refractivity (Wildman–Crippen MR) is 95.1 cm³/mol. The Hall–Kier alpha value is -3.02. The van der Waals surface area contributed by atoms with Crippen LogP contribution in [0.5, 0.6) is 11.5 Å². The van der Waals surface area contributed by atoms with Gasteiger partial charge < -0.3 is 19.7 Å². The van der Waals surface area contributed by atoms with E-state index in [2.05, 4.69) is 5.32 Å². The van der Waals surface area contributed by atoms with E-state index in [0.29, 0.717) is 30.3 Å². The third-order valence-corrected chi connectivity index (χ3v) is 3.98. The second-order valence-electron chi connectivity index (χ2n) is 5.61. The van der Waals surface area contributed by atoms with Gasteiger partial charge in [0.2, 0.25) is 11.8 Å². The number of anilines is 2. The molecule has 130 valence electrons. The predicted octanol–water partition coefficient (Wildman–Crippen LogP) is 2.84. The summed E-state index contributed by atoms with van der Waals surface area (Å²) in [5.41, 5.74) is 1.35. The summed E-state index contributed by atoms with van der Waals surface area (Å²) >= 11 is 0. The summed E-state index contributed by atoms with van der Waals surface area (Å²) in [6, 6.07) is 14.6. The number of nitrogens with zero attached hydrogens (tertiary/aromatic N) is 1. The van der Waals surface area contributed by atoms with Gasteiger partial charge in [-0.3, -0.25) is 9.59 Å².